The third kappa shape index (κ3) is 2.23. The predicted octanol–water partition coefficient (Wildman–Crippen LogP) is 4.23. The van der Waals surface area contributed by atoms with Gasteiger partial charge in [-0.15, -0.1) is 0 Å². The van der Waals surface area contributed by atoms with Crippen LogP contribution in [0.2, 0.25) is 0 Å². The molecule has 0 bridgehead atoms. The van der Waals surface area contributed by atoms with E-state index in [-0.39, 0.29) is 4.47 Å². The molecule has 1 rings (SSSR count). The molecule has 0 aliphatic carbocycles. The molecule has 0 N–H and O–H groups in total. The summed E-state index contributed by atoms with van der Waals surface area (Å²) in [6, 6.07) is 3.74. The maximum Gasteiger partial charge on any atom is 0.417 e. The molecule has 0 heterocycles. The van der Waals surface area contributed by atoms with Gasteiger partial charge in [0.05, 0.1) is 5.56 Å². The molecular weight excluding hydrogens is 301 g/mol. The minimum atomic E-state index is -4.29. The zero-order valence-corrected chi connectivity index (χ0v) is 8.79. The van der Waals surface area contributed by atoms with Crippen molar-refractivity contribution >= 4 is 31.9 Å². The van der Waals surface area contributed by atoms with Crippen molar-refractivity contribution in [3.8, 4) is 0 Å². The van der Waals surface area contributed by atoms with Gasteiger partial charge in [0.25, 0.3) is 0 Å². The highest BCUT2D eigenvalue weighted by atomic mass is 79.9. The molecular formula is C7H3Br2F3. The van der Waals surface area contributed by atoms with Gasteiger partial charge >= 0.3 is 6.18 Å². The highest BCUT2D eigenvalue weighted by Crippen LogP contribution is 2.35. The van der Waals surface area contributed by atoms with Gasteiger partial charge in [0, 0.05) is 8.95 Å². The van der Waals surface area contributed by atoms with Crippen molar-refractivity contribution in [2.24, 2.45) is 0 Å². The minimum Gasteiger partial charge on any atom is -0.166 e. The maximum atomic E-state index is 12.1. The van der Waals surface area contributed by atoms with E-state index in [0.717, 1.165) is 6.07 Å². The normalized spacial score (nSPS) is 11.8. The lowest BCUT2D eigenvalue weighted by molar-refractivity contribution is -0.138. The fourth-order valence-corrected chi connectivity index (χ4v) is 1.99. The summed E-state index contributed by atoms with van der Waals surface area (Å²) in [6.07, 6.45) is -4.29. The largest absolute Gasteiger partial charge is 0.417 e. The Bertz CT molecular complexity index is 293. The summed E-state index contributed by atoms with van der Waals surface area (Å²) >= 11 is 5.90. The Balaban J connectivity index is 3.19. The number of rotatable bonds is 0. The van der Waals surface area contributed by atoms with Crippen molar-refractivity contribution in [2.45, 2.75) is 6.18 Å². The lowest BCUT2D eigenvalue weighted by Gasteiger charge is -2.08. The Kier molecular flexibility index (Phi) is 2.83. The molecule has 0 radical (unpaired) electrons. The van der Waals surface area contributed by atoms with E-state index in [0.29, 0.717) is 4.47 Å². The highest BCUT2D eigenvalue weighted by Gasteiger charge is 2.32. The minimum absolute atomic E-state index is 0.0457. The van der Waals surface area contributed by atoms with Gasteiger partial charge in [-0.1, -0.05) is 31.9 Å². The summed E-state index contributed by atoms with van der Waals surface area (Å²) in [5.41, 5.74) is -0.661. The van der Waals surface area contributed by atoms with Crippen molar-refractivity contribution in [2.75, 3.05) is 0 Å². The molecule has 0 aliphatic rings. The van der Waals surface area contributed by atoms with Crippen LogP contribution in [-0.2, 0) is 6.18 Å². The van der Waals surface area contributed by atoms with Crippen LogP contribution >= 0.6 is 31.9 Å². The van der Waals surface area contributed by atoms with Crippen LogP contribution in [0.25, 0.3) is 0 Å². The van der Waals surface area contributed by atoms with E-state index in [1.807, 2.05) is 0 Å². The van der Waals surface area contributed by atoms with Gasteiger partial charge in [0.2, 0.25) is 0 Å². The second kappa shape index (κ2) is 3.38. The monoisotopic (exact) mass is 302 g/mol. The zero-order chi connectivity index (χ0) is 9.35. The fraction of sp³-hybridized carbons (Fsp3) is 0.143. The number of alkyl halides is 3. The van der Waals surface area contributed by atoms with Crippen LogP contribution in [0.5, 0.6) is 0 Å². The second-order valence-corrected chi connectivity index (χ2v) is 3.89. The van der Waals surface area contributed by atoms with Crippen LogP contribution in [0, 0.1) is 0 Å². The molecule has 1 aromatic rings. The van der Waals surface area contributed by atoms with E-state index in [1.165, 1.54) is 12.1 Å². The summed E-state index contributed by atoms with van der Waals surface area (Å²) < 4.78 is 37.1. The van der Waals surface area contributed by atoms with E-state index in [2.05, 4.69) is 31.9 Å². The maximum absolute atomic E-state index is 12.1. The van der Waals surface area contributed by atoms with Crippen LogP contribution < -0.4 is 0 Å². The van der Waals surface area contributed by atoms with Gasteiger partial charge in [-0.2, -0.15) is 13.2 Å². The summed E-state index contributed by atoms with van der Waals surface area (Å²) in [5.74, 6) is 0. The summed E-state index contributed by atoms with van der Waals surface area (Å²) in [7, 11) is 0. The number of benzene rings is 1. The molecule has 0 nitrogen and oxygen atoms in total. The molecule has 0 unspecified atom stereocenters. The molecule has 0 amide bonds. The van der Waals surface area contributed by atoms with Crippen molar-refractivity contribution in [3.05, 3.63) is 32.7 Å². The SMILES string of the molecule is FC(F)(F)c1ccc(Br)cc1Br. The van der Waals surface area contributed by atoms with Crippen molar-refractivity contribution in [3.63, 3.8) is 0 Å². The Morgan fingerprint density at radius 3 is 2.08 bits per heavy atom. The van der Waals surface area contributed by atoms with Crippen molar-refractivity contribution < 1.29 is 13.2 Å². The third-order valence-electron chi connectivity index (χ3n) is 1.24. The molecule has 1 aromatic carbocycles. The zero-order valence-electron chi connectivity index (χ0n) is 5.62. The third-order valence-corrected chi connectivity index (χ3v) is 2.39. The number of halogens is 5. The van der Waals surface area contributed by atoms with Crippen LogP contribution in [-0.4, -0.2) is 0 Å². The van der Waals surface area contributed by atoms with E-state index in [1.54, 1.807) is 0 Å². The molecule has 0 spiro atoms. The van der Waals surface area contributed by atoms with Gasteiger partial charge < -0.3 is 0 Å². The van der Waals surface area contributed by atoms with Gasteiger partial charge in [-0.05, 0) is 18.2 Å². The molecule has 0 aromatic heterocycles. The van der Waals surface area contributed by atoms with E-state index in [4.69, 9.17) is 0 Å². The van der Waals surface area contributed by atoms with Crippen LogP contribution in [0.3, 0.4) is 0 Å². The van der Waals surface area contributed by atoms with Gasteiger partial charge in [-0.25, -0.2) is 0 Å². The molecule has 0 aliphatic heterocycles. The first kappa shape index (κ1) is 10.1. The first-order chi connectivity index (χ1) is 5.41. The lowest BCUT2D eigenvalue weighted by Crippen LogP contribution is -2.05. The summed E-state index contributed by atoms with van der Waals surface area (Å²) in [4.78, 5) is 0. The fourth-order valence-electron chi connectivity index (χ4n) is 0.719. The molecule has 5 heteroatoms. The van der Waals surface area contributed by atoms with Gasteiger partial charge in [-0.3, -0.25) is 0 Å². The van der Waals surface area contributed by atoms with E-state index >= 15 is 0 Å². The molecule has 0 saturated carbocycles. The number of hydrogen-bond acceptors (Lipinski definition) is 0. The molecule has 12 heavy (non-hydrogen) atoms. The summed E-state index contributed by atoms with van der Waals surface area (Å²) in [5, 5.41) is 0. The molecule has 0 saturated heterocycles. The predicted molar refractivity (Wildman–Crippen MR) is 46.8 cm³/mol. The molecule has 0 atom stereocenters. The smallest absolute Gasteiger partial charge is 0.166 e. The standard InChI is InChI=1S/C7H3Br2F3/c8-4-1-2-5(6(9)3-4)7(10,11)12/h1-3H. The molecule has 66 valence electrons. The number of hydrogen-bond donors (Lipinski definition) is 0. The van der Waals surface area contributed by atoms with Crippen molar-refractivity contribution in [1.82, 2.24) is 0 Å². The highest BCUT2D eigenvalue weighted by molar-refractivity contribution is 9.11. The van der Waals surface area contributed by atoms with Crippen molar-refractivity contribution in [1.29, 1.82) is 0 Å². The van der Waals surface area contributed by atoms with Crippen LogP contribution in [0.1, 0.15) is 5.56 Å². The molecule has 0 fully saturated rings. The van der Waals surface area contributed by atoms with Crippen LogP contribution in [0.4, 0.5) is 13.2 Å². The average molecular weight is 304 g/mol. The quantitative estimate of drug-likeness (QED) is 0.673. The van der Waals surface area contributed by atoms with Gasteiger partial charge in [0.1, 0.15) is 0 Å². The average Bonchev–Trinajstić information content (AvgIpc) is 1.83. The Hall–Kier alpha value is -0.0300. The first-order valence-electron chi connectivity index (χ1n) is 2.93. The van der Waals surface area contributed by atoms with E-state index in [9.17, 15) is 13.2 Å². The van der Waals surface area contributed by atoms with Gasteiger partial charge in [0.15, 0.2) is 0 Å². The topological polar surface area (TPSA) is 0 Å². The second-order valence-electron chi connectivity index (χ2n) is 2.12. The lowest BCUT2D eigenvalue weighted by atomic mass is 10.2. The van der Waals surface area contributed by atoms with E-state index < -0.39 is 11.7 Å². The van der Waals surface area contributed by atoms with Crippen LogP contribution in [0.15, 0.2) is 27.1 Å². The summed E-state index contributed by atoms with van der Waals surface area (Å²) in [6.45, 7) is 0. The Morgan fingerprint density at radius 1 is 1.08 bits per heavy atom. The first-order valence-corrected chi connectivity index (χ1v) is 4.52. The Morgan fingerprint density at radius 2 is 1.67 bits per heavy atom. The Labute approximate surface area is 84.0 Å².